The second-order valence-electron chi connectivity index (χ2n) is 12.1. The summed E-state index contributed by atoms with van der Waals surface area (Å²) in [6.07, 6.45) is 2.68. The molecule has 0 radical (unpaired) electrons. The molecule has 0 spiro atoms. The fourth-order valence-electron chi connectivity index (χ4n) is 8.53. The largest absolute Gasteiger partial charge is 0.746 e. The second kappa shape index (κ2) is 8.32. The Morgan fingerprint density at radius 2 is 1.68 bits per heavy atom. The summed E-state index contributed by atoms with van der Waals surface area (Å²) in [7, 11) is -6.11. The molecule has 208 valence electrons. The number of rotatable bonds is 7. The number of amides is 1. The van der Waals surface area contributed by atoms with Gasteiger partial charge in [-0.05, 0) is 70.1 Å². The minimum atomic E-state index is -6.11. The van der Waals surface area contributed by atoms with Crippen LogP contribution >= 0.6 is 0 Å². The molecule has 7 aliphatic rings. The van der Waals surface area contributed by atoms with Crippen LogP contribution in [0.3, 0.4) is 0 Å². The molecule has 0 aromatic heterocycles. The smallest absolute Gasteiger partial charge is 0.312 e. The summed E-state index contributed by atoms with van der Waals surface area (Å²) in [5, 5.41) is -4.95. The van der Waals surface area contributed by atoms with Gasteiger partial charge < -0.3 is 23.7 Å². The van der Waals surface area contributed by atoms with Gasteiger partial charge in [-0.1, -0.05) is 6.61 Å². The maximum atomic E-state index is 13.7. The van der Waals surface area contributed by atoms with Crippen LogP contribution in [-0.2, 0) is 38.7 Å². The van der Waals surface area contributed by atoms with E-state index in [9.17, 15) is 36.1 Å². The topological polar surface area (TPSA) is 139 Å². The normalized spacial score (nSPS) is 42.5. The van der Waals surface area contributed by atoms with Crippen molar-refractivity contribution in [3.05, 3.63) is 6.61 Å². The van der Waals surface area contributed by atoms with Crippen LogP contribution < -0.4 is 0 Å². The molecule has 14 heteroatoms. The molecule has 7 rings (SSSR count). The Kier molecular flexibility index (Phi) is 5.85. The first kappa shape index (κ1) is 26.7. The van der Waals surface area contributed by atoms with Crippen molar-refractivity contribution in [2.24, 2.45) is 35.0 Å². The molecule has 38 heavy (non-hydrogen) atoms. The number of carbonyl (C=O) groups excluding carboxylic acids is 3. The van der Waals surface area contributed by atoms with E-state index in [0.29, 0.717) is 17.8 Å². The van der Waals surface area contributed by atoms with Gasteiger partial charge in [0.25, 0.3) is 11.2 Å². The summed E-state index contributed by atoms with van der Waals surface area (Å²) < 4.78 is 76.0. The second-order valence-corrected chi connectivity index (χ2v) is 13.5. The molecule has 4 aliphatic carbocycles. The monoisotopic (exact) mass is 812 g/mol. The molecule has 0 aromatic carbocycles. The van der Waals surface area contributed by atoms with Crippen molar-refractivity contribution < 1.29 is 50.3 Å². The molecular formula is C24H29F2NO9RfS-2. The van der Waals surface area contributed by atoms with Crippen molar-refractivity contribution in [3.63, 3.8) is 0 Å². The Balaban J connectivity index is 0.00000294. The SMILES string of the molecule is CC(C)N1C(=O)C2C3OC(C(OC(=O)C45CC6CC(CC(C6)C4)C5)C31)C2C(=O)O[CH-]C(F)(F)S(=O)(=O)[O-].[Rf]. The molecule has 6 unspecified atom stereocenters. The third-order valence-corrected chi connectivity index (χ3v) is 10.2. The van der Waals surface area contributed by atoms with E-state index in [2.05, 4.69) is 4.74 Å². The van der Waals surface area contributed by atoms with Crippen molar-refractivity contribution in [2.75, 3.05) is 0 Å². The number of esters is 2. The number of hydrogen-bond acceptors (Lipinski definition) is 9. The molecule has 7 fully saturated rings. The van der Waals surface area contributed by atoms with E-state index in [1.165, 1.54) is 4.90 Å². The van der Waals surface area contributed by atoms with E-state index in [1.807, 2.05) is 0 Å². The predicted octanol–water partition coefficient (Wildman–Crippen LogP) is 1.59. The first-order valence-corrected chi connectivity index (χ1v) is 14.2. The first-order chi connectivity index (χ1) is 17.2. The van der Waals surface area contributed by atoms with Crippen molar-refractivity contribution >= 4 is 28.0 Å². The Morgan fingerprint density at radius 3 is 2.18 bits per heavy atom. The maximum absolute atomic E-state index is 13.7. The summed E-state index contributed by atoms with van der Waals surface area (Å²) in [6, 6.07) is -0.943. The zero-order chi connectivity index (χ0) is 26.7. The zero-order valence-electron chi connectivity index (χ0n) is 21.1. The van der Waals surface area contributed by atoms with Crippen molar-refractivity contribution in [1.82, 2.24) is 4.90 Å². The van der Waals surface area contributed by atoms with Crippen LogP contribution in [-0.4, -0.2) is 71.4 Å². The van der Waals surface area contributed by atoms with Gasteiger partial charge in [-0.15, -0.1) is 0 Å². The number of alkyl halides is 2. The van der Waals surface area contributed by atoms with Crippen LogP contribution in [0.4, 0.5) is 8.78 Å². The summed E-state index contributed by atoms with van der Waals surface area (Å²) in [6.45, 7) is 2.92. The van der Waals surface area contributed by atoms with Crippen molar-refractivity contribution in [1.29, 1.82) is 0 Å². The predicted molar refractivity (Wildman–Crippen MR) is 117 cm³/mol. The van der Waals surface area contributed by atoms with E-state index < -0.39 is 75.5 Å². The van der Waals surface area contributed by atoms with Crippen molar-refractivity contribution in [2.45, 2.75) is 88.0 Å². The van der Waals surface area contributed by atoms with Crippen molar-refractivity contribution in [3.8, 4) is 0 Å². The summed E-state index contributed by atoms with van der Waals surface area (Å²) >= 11 is 0. The zero-order valence-corrected chi connectivity index (χ0v) is 28.3. The number of ether oxygens (including phenoxy) is 3. The molecule has 0 N–H and O–H groups in total. The summed E-state index contributed by atoms with van der Waals surface area (Å²) in [4.78, 5) is 41.4. The average molecular weight is 813 g/mol. The van der Waals surface area contributed by atoms with Gasteiger partial charge >= 0.3 is 5.97 Å². The number of likely N-dealkylation sites (tertiary alicyclic amines) is 1. The molecule has 0 aromatic rings. The third-order valence-electron chi connectivity index (χ3n) is 9.46. The number of nitrogens with zero attached hydrogens (tertiary/aromatic N) is 1. The Labute approximate surface area is 213 Å². The van der Waals surface area contributed by atoms with Crippen LogP contribution in [0.2, 0.25) is 0 Å². The van der Waals surface area contributed by atoms with Gasteiger partial charge in [0.1, 0.15) is 16.2 Å². The quantitative estimate of drug-likeness (QED) is 0.213. The fraction of sp³-hybridized carbons (Fsp3) is 0.833. The van der Waals surface area contributed by atoms with E-state index in [1.54, 1.807) is 13.8 Å². The van der Waals surface area contributed by atoms with E-state index in [0.717, 1.165) is 38.5 Å². The van der Waals surface area contributed by atoms with Gasteiger partial charge in [-0.3, -0.25) is 14.4 Å². The molecule has 6 atom stereocenters. The van der Waals surface area contributed by atoms with Gasteiger partial charge in [-0.2, -0.15) is 0 Å². The number of hydrogen-bond donors (Lipinski definition) is 0. The Morgan fingerprint density at radius 1 is 1.13 bits per heavy atom. The molecule has 3 aliphatic heterocycles. The minimum absolute atomic E-state index is 0. The molecule has 4 saturated carbocycles. The van der Waals surface area contributed by atoms with Gasteiger partial charge in [0, 0.05) is 6.04 Å². The third kappa shape index (κ3) is 3.63. The molecular weight excluding hydrogens is 783 g/mol. The van der Waals surface area contributed by atoms with Gasteiger partial charge in [-0.25, -0.2) is 17.2 Å². The molecule has 3 saturated heterocycles. The fourth-order valence-corrected chi connectivity index (χ4v) is 8.70. The molecule has 6 bridgehead atoms. The van der Waals surface area contributed by atoms with Crippen LogP contribution in [0.25, 0.3) is 0 Å². The summed E-state index contributed by atoms with van der Waals surface area (Å²) in [5.74, 6) is -3.15. The summed E-state index contributed by atoms with van der Waals surface area (Å²) in [5.41, 5.74) is -0.602. The Bertz CT molecular complexity index is 1110. The number of fused-ring (bicyclic) bond motifs is 1. The number of carbonyl (C=O) groups is 3. The van der Waals surface area contributed by atoms with E-state index >= 15 is 0 Å². The van der Waals surface area contributed by atoms with Crippen LogP contribution in [0.15, 0.2) is 0 Å². The average Bonchev–Trinajstić information content (AvgIpc) is 3.38. The molecule has 1 amide bonds. The van der Waals surface area contributed by atoms with Crippen LogP contribution in [0, 0.1) is 41.6 Å². The first-order valence-electron chi connectivity index (χ1n) is 12.8. The van der Waals surface area contributed by atoms with Gasteiger partial charge in [0.05, 0.1) is 29.4 Å². The van der Waals surface area contributed by atoms with E-state index in [-0.39, 0.29) is 12.0 Å². The maximum Gasteiger partial charge on any atom is 0.312 e. The van der Waals surface area contributed by atoms with Gasteiger partial charge in [0.2, 0.25) is 5.91 Å². The number of halogens is 2. The molecule has 3 heterocycles. The van der Waals surface area contributed by atoms with E-state index in [4.69, 9.17) is 9.47 Å². The standard InChI is InChI=1S/C24H30F2NO9S.Rf/c1-10(2)27-16-17-14(20(27)28)15(21(29)34-9-24(25,26)37(31,32)33)18(35-17)19(16)36-22(30)23-6-11-3-12(7-23)5-13(4-11)8-23;/h9-19H,3-8H2,1-2H3,(H,31,32,33);/q-1;/p-1. The molecule has 10 nitrogen and oxygen atoms in total. The Hall–Kier alpha value is -2.86. The van der Waals surface area contributed by atoms with Crippen LogP contribution in [0.1, 0.15) is 52.4 Å². The minimum Gasteiger partial charge on any atom is -0.746 e. The van der Waals surface area contributed by atoms with Gasteiger partial charge in [0.15, 0.2) is 6.10 Å². The van der Waals surface area contributed by atoms with Crippen LogP contribution in [0.5, 0.6) is 0 Å².